The lowest BCUT2D eigenvalue weighted by molar-refractivity contribution is -0.0641. The molecule has 16 heavy (non-hydrogen) atoms. The van der Waals surface area contributed by atoms with Crippen molar-refractivity contribution in [2.75, 3.05) is 33.3 Å². The van der Waals surface area contributed by atoms with Gasteiger partial charge < -0.3 is 10.1 Å². The molecule has 1 unspecified atom stereocenters. The van der Waals surface area contributed by atoms with Crippen LogP contribution in [0.1, 0.15) is 11.3 Å². The largest absolute Gasteiger partial charge is 0.360 e. The van der Waals surface area contributed by atoms with E-state index in [0.29, 0.717) is 0 Å². The van der Waals surface area contributed by atoms with Crippen molar-refractivity contribution in [2.45, 2.75) is 19.1 Å². The molecular formula is C12H20N2OS. The first-order valence-corrected chi connectivity index (χ1v) is 6.79. The van der Waals surface area contributed by atoms with E-state index in [1.165, 1.54) is 17.7 Å². The summed E-state index contributed by atoms with van der Waals surface area (Å²) >= 11 is 1.85. The number of aryl methyl sites for hydroxylation is 1. The van der Waals surface area contributed by atoms with Crippen LogP contribution in [-0.4, -0.2) is 44.4 Å². The van der Waals surface area contributed by atoms with E-state index in [1.54, 1.807) is 0 Å². The number of hydrogen-bond acceptors (Lipinski definition) is 4. The molecule has 1 fully saturated rings. The first-order chi connectivity index (χ1) is 7.86. The SMILES string of the molecule is CN(CCCc1cccs1)C1CNCCO1. The van der Waals surface area contributed by atoms with Gasteiger partial charge in [0.2, 0.25) is 0 Å². The van der Waals surface area contributed by atoms with Crippen molar-refractivity contribution in [3.05, 3.63) is 22.4 Å². The molecule has 0 aromatic carbocycles. The molecule has 0 bridgehead atoms. The maximum Gasteiger partial charge on any atom is 0.122 e. The Morgan fingerprint density at radius 2 is 2.56 bits per heavy atom. The van der Waals surface area contributed by atoms with Gasteiger partial charge in [-0.1, -0.05) is 6.07 Å². The Hall–Kier alpha value is -0.420. The maximum atomic E-state index is 5.69. The second-order valence-electron chi connectivity index (χ2n) is 4.19. The Bertz CT molecular complexity index is 283. The lowest BCUT2D eigenvalue weighted by atomic mass is 10.2. The summed E-state index contributed by atoms with van der Waals surface area (Å²) in [6.45, 7) is 3.87. The monoisotopic (exact) mass is 240 g/mol. The molecule has 2 rings (SSSR count). The van der Waals surface area contributed by atoms with Gasteiger partial charge in [-0.15, -0.1) is 11.3 Å². The normalized spacial score (nSPS) is 21.5. The van der Waals surface area contributed by atoms with Crippen molar-refractivity contribution in [2.24, 2.45) is 0 Å². The van der Waals surface area contributed by atoms with Gasteiger partial charge in [0, 0.05) is 24.5 Å². The molecule has 2 heterocycles. The number of likely N-dealkylation sites (N-methyl/N-ethyl adjacent to an activating group) is 1. The Balaban J connectivity index is 1.65. The van der Waals surface area contributed by atoms with Crippen LogP contribution in [0, 0.1) is 0 Å². The van der Waals surface area contributed by atoms with Gasteiger partial charge >= 0.3 is 0 Å². The fourth-order valence-electron chi connectivity index (χ4n) is 1.94. The minimum atomic E-state index is 0.261. The van der Waals surface area contributed by atoms with Crippen molar-refractivity contribution in [1.82, 2.24) is 10.2 Å². The number of ether oxygens (including phenoxy) is 1. The number of nitrogens with zero attached hydrogens (tertiary/aromatic N) is 1. The van der Waals surface area contributed by atoms with E-state index in [1.807, 2.05) is 11.3 Å². The van der Waals surface area contributed by atoms with E-state index >= 15 is 0 Å². The Morgan fingerprint density at radius 3 is 3.25 bits per heavy atom. The summed E-state index contributed by atoms with van der Waals surface area (Å²) in [6.07, 6.45) is 2.65. The standard InChI is InChI=1S/C12H20N2OS/c1-14(12-10-13-6-8-15-12)7-2-4-11-5-3-9-16-11/h3,5,9,12-13H,2,4,6-8,10H2,1H3. The van der Waals surface area contributed by atoms with Gasteiger partial charge in [-0.05, 0) is 31.3 Å². The summed E-state index contributed by atoms with van der Waals surface area (Å²) in [7, 11) is 2.14. The van der Waals surface area contributed by atoms with E-state index in [0.717, 1.165) is 26.2 Å². The number of nitrogens with one attached hydrogen (secondary N) is 1. The van der Waals surface area contributed by atoms with Crippen molar-refractivity contribution in [3.63, 3.8) is 0 Å². The molecule has 1 N–H and O–H groups in total. The minimum Gasteiger partial charge on any atom is -0.360 e. The third kappa shape index (κ3) is 3.56. The van der Waals surface area contributed by atoms with Gasteiger partial charge in [-0.3, -0.25) is 4.90 Å². The summed E-state index contributed by atoms with van der Waals surface area (Å²) in [5.41, 5.74) is 0. The van der Waals surface area contributed by atoms with E-state index in [4.69, 9.17) is 4.74 Å². The number of hydrogen-bond donors (Lipinski definition) is 1. The molecule has 1 aromatic rings. The number of thiophene rings is 1. The van der Waals surface area contributed by atoms with E-state index in [9.17, 15) is 0 Å². The summed E-state index contributed by atoms with van der Waals surface area (Å²) in [5, 5.41) is 5.50. The highest BCUT2D eigenvalue weighted by atomic mass is 32.1. The molecule has 1 aromatic heterocycles. The van der Waals surface area contributed by atoms with E-state index < -0.39 is 0 Å². The molecule has 1 aliphatic heterocycles. The molecule has 0 aliphatic carbocycles. The summed E-state index contributed by atoms with van der Waals surface area (Å²) in [4.78, 5) is 3.79. The molecule has 0 saturated carbocycles. The Kier molecular flexibility index (Phi) is 4.78. The predicted molar refractivity (Wildman–Crippen MR) is 67.9 cm³/mol. The molecule has 0 radical (unpaired) electrons. The fourth-order valence-corrected chi connectivity index (χ4v) is 2.69. The molecule has 1 atom stereocenters. The quantitative estimate of drug-likeness (QED) is 0.845. The second kappa shape index (κ2) is 6.35. The molecular weight excluding hydrogens is 220 g/mol. The maximum absolute atomic E-state index is 5.69. The van der Waals surface area contributed by atoms with E-state index in [2.05, 4.69) is 34.8 Å². The summed E-state index contributed by atoms with van der Waals surface area (Å²) in [6, 6.07) is 4.33. The van der Waals surface area contributed by atoms with Crippen LogP contribution >= 0.6 is 11.3 Å². The van der Waals surface area contributed by atoms with Gasteiger partial charge in [-0.25, -0.2) is 0 Å². The highest BCUT2D eigenvalue weighted by Gasteiger charge is 2.17. The lowest BCUT2D eigenvalue weighted by Crippen LogP contribution is -2.47. The van der Waals surface area contributed by atoms with Gasteiger partial charge in [0.15, 0.2) is 0 Å². The van der Waals surface area contributed by atoms with Crippen LogP contribution in [0.3, 0.4) is 0 Å². The second-order valence-corrected chi connectivity index (χ2v) is 5.23. The van der Waals surface area contributed by atoms with Crippen LogP contribution in [0.25, 0.3) is 0 Å². The zero-order valence-electron chi connectivity index (χ0n) is 9.82. The average molecular weight is 240 g/mol. The number of rotatable bonds is 5. The highest BCUT2D eigenvalue weighted by molar-refractivity contribution is 7.09. The Morgan fingerprint density at radius 1 is 1.62 bits per heavy atom. The molecule has 1 saturated heterocycles. The van der Waals surface area contributed by atoms with Crippen LogP contribution in [0.4, 0.5) is 0 Å². The third-order valence-corrected chi connectivity index (χ3v) is 3.85. The van der Waals surface area contributed by atoms with Gasteiger partial charge in [0.25, 0.3) is 0 Å². The van der Waals surface area contributed by atoms with Crippen molar-refractivity contribution in [1.29, 1.82) is 0 Å². The smallest absolute Gasteiger partial charge is 0.122 e. The van der Waals surface area contributed by atoms with Crippen molar-refractivity contribution >= 4 is 11.3 Å². The van der Waals surface area contributed by atoms with Crippen LogP contribution in [0.5, 0.6) is 0 Å². The minimum absolute atomic E-state index is 0.261. The van der Waals surface area contributed by atoms with Crippen molar-refractivity contribution in [3.8, 4) is 0 Å². The van der Waals surface area contributed by atoms with Gasteiger partial charge in [0.1, 0.15) is 6.23 Å². The van der Waals surface area contributed by atoms with Crippen LogP contribution in [0.2, 0.25) is 0 Å². The van der Waals surface area contributed by atoms with E-state index in [-0.39, 0.29) is 6.23 Å². The predicted octanol–water partition coefficient (Wildman–Crippen LogP) is 1.56. The first kappa shape index (κ1) is 12.0. The van der Waals surface area contributed by atoms with Gasteiger partial charge in [-0.2, -0.15) is 0 Å². The first-order valence-electron chi connectivity index (χ1n) is 5.91. The molecule has 1 aliphatic rings. The zero-order chi connectivity index (χ0) is 11.2. The highest BCUT2D eigenvalue weighted by Crippen LogP contribution is 2.11. The molecule has 0 amide bonds. The third-order valence-electron chi connectivity index (χ3n) is 2.91. The fraction of sp³-hybridized carbons (Fsp3) is 0.667. The molecule has 4 heteroatoms. The zero-order valence-corrected chi connectivity index (χ0v) is 10.6. The lowest BCUT2D eigenvalue weighted by Gasteiger charge is -2.31. The average Bonchev–Trinajstić information content (AvgIpc) is 2.83. The summed E-state index contributed by atoms with van der Waals surface area (Å²) in [5.74, 6) is 0. The molecule has 90 valence electrons. The van der Waals surface area contributed by atoms with Gasteiger partial charge in [0.05, 0.1) is 6.61 Å². The van der Waals surface area contributed by atoms with Crippen molar-refractivity contribution < 1.29 is 4.74 Å². The van der Waals surface area contributed by atoms with Crippen LogP contribution < -0.4 is 5.32 Å². The van der Waals surface area contributed by atoms with Crippen LogP contribution in [0.15, 0.2) is 17.5 Å². The Labute approximate surface area is 101 Å². The van der Waals surface area contributed by atoms with Crippen LogP contribution in [-0.2, 0) is 11.2 Å². The number of morpholine rings is 1. The molecule has 0 spiro atoms. The molecule has 3 nitrogen and oxygen atoms in total. The summed E-state index contributed by atoms with van der Waals surface area (Å²) < 4.78 is 5.69. The topological polar surface area (TPSA) is 24.5 Å².